The van der Waals surface area contributed by atoms with Crippen LogP contribution in [-0.2, 0) is 14.3 Å². The Morgan fingerprint density at radius 3 is 2.68 bits per heavy atom. The monoisotopic (exact) mass is 342 g/mol. The molecule has 2 aromatic rings. The number of ether oxygens (including phenoxy) is 2. The van der Waals surface area contributed by atoms with Crippen molar-refractivity contribution in [1.82, 2.24) is 10.2 Å². The van der Waals surface area contributed by atoms with E-state index in [0.717, 1.165) is 15.7 Å². The number of carbonyl (C=O) groups is 3. The fourth-order valence-electron chi connectivity index (χ4n) is 2.58. The van der Waals surface area contributed by atoms with E-state index in [0.29, 0.717) is 12.3 Å². The zero-order valence-electron chi connectivity index (χ0n) is 13.7. The maximum absolute atomic E-state index is 12.1. The Kier molecular flexibility index (Phi) is 4.83. The number of hydrogen-bond donors (Lipinski definition) is 1. The molecule has 7 nitrogen and oxygen atoms in total. The fourth-order valence-corrected chi connectivity index (χ4v) is 2.58. The topological polar surface area (TPSA) is 84.9 Å². The Balaban J connectivity index is 1.53. The summed E-state index contributed by atoms with van der Waals surface area (Å²) in [5, 5.41) is 4.59. The number of carbonyl (C=O) groups excluding carboxylic acids is 3. The highest BCUT2D eigenvalue weighted by Gasteiger charge is 2.31. The van der Waals surface area contributed by atoms with E-state index in [1.54, 1.807) is 6.07 Å². The van der Waals surface area contributed by atoms with Crippen LogP contribution < -0.4 is 10.1 Å². The predicted octanol–water partition coefficient (Wildman–Crippen LogP) is 1.70. The molecule has 0 saturated carbocycles. The van der Waals surface area contributed by atoms with Gasteiger partial charge in [0.2, 0.25) is 0 Å². The molecule has 0 spiro atoms. The Bertz CT molecular complexity index is 820. The van der Waals surface area contributed by atoms with E-state index >= 15 is 0 Å². The van der Waals surface area contributed by atoms with Crippen molar-refractivity contribution in [1.29, 1.82) is 0 Å². The first-order chi connectivity index (χ1) is 12.0. The lowest BCUT2D eigenvalue weighted by atomic mass is 10.1. The maximum atomic E-state index is 12.1. The molecule has 3 amide bonds. The Labute approximate surface area is 144 Å². The molecule has 1 unspecified atom stereocenters. The lowest BCUT2D eigenvalue weighted by Gasteiger charge is -2.18. The summed E-state index contributed by atoms with van der Waals surface area (Å²) in [7, 11) is 0. The first-order valence-electron chi connectivity index (χ1n) is 7.95. The van der Waals surface area contributed by atoms with Gasteiger partial charge in [-0.05, 0) is 29.8 Å². The Morgan fingerprint density at radius 1 is 1.20 bits per heavy atom. The number of fused-ring (bicyclic) bond motifs is 1. The van der Waals surface area contributed by atoms with Gasteiger partial charge < -0.3 is 14.8 Å². The maximum Gasteiger partial charge on any atom is 0.344 e. The second-order valence-electron chi connectivity index (χ2n) is 5.65. The number of nitrogens with zero attached hydrogens (tertiary/aromatic N) is 1. The van der Waals surface area contributed by atoms with E-state index in [2.05, 4.69) is 5.32 Å². The fraction of sp³-hybridized carbons (Fsp3) is 0.278. The molecule has 0 aromatic heterocycles. The molecule has 1 aliphatic rings. The lowest BCUT2D eigenvalue weighted by Crippen LogP contribution is -2.42. The van der Waals surface area contributed by atoms with E-state index in [1.165, 1.54) is 6.92 Å². The number of amides is 3. The Hall–Kier alpha value is -3.09. The Morgan fingerprint density at radius 2 is 1.96 bits per heavy atom. The van der Waals surface area contributed by atoms with Crippen LogP contribution in [0.25, 0.3) is 10.8 Å². The van der Waals surface area contributed by atoms with Crippen molar-refractivity contribution in [3.05, 3.63) is 42.5 Å². The number of urea groups is 1. The molecule has 2 aromatic carbocycles. The van der Waals surface area contributed by atoms with Crippen LogP contribution in [0.15, 0.2) is 42.5 Å². The highest BCUT2D eigenvalue weighted by molar-refractivity contribution is 5.98. The SMILES string of the molecule is CC(OC(=O)COc1ccc2ccccc2c1)C(=O)N1CCNC1=O. The number of benzene rings is 2. The van der Waals surface area contributed by atoms with Gasteiger partial charge >= 0.3 is 12.0 Å². The third-order valence-electron chi connectivity index (χ3n) is 3.86. The summed E-state index contributed by atoms with van der Waals surface area (Å²) in [4.78, 5) is 36.4. The molecule has 1 heterocycles. The van der Waals surface area contributed by atoms with Crippen LogP contribution >= 0.6 is 0 Å². The molecule has 1 aliphatic heterocycles. The number of esters is 1. The summed E-state index contributed by atoms with van der Waals surface area (Å²) in [6, 6.07) is 12.8. The zero-order chi connectivity index (χ0) is 17.8. The third kappa shape index (κ3) is 3.88. The van der Waals surface area contributed by atoms with Crippen molar-refractivity contribution >= 4 is 28.7 Å². The van der Waals surface area contributed by atoms with Crippen molar-refractivity contribution < 1.29 is 23.9 Å². The number of imide groups is 1. The average Bonchev–Trinajstić information content (AvgIpc) is 3.05. The molecule has 7 heteroatoms. The summed E-state index contributed by atoms with van der Waals surface area (Å²) < 4.78 is 10.5. The van der Waals surface area contributed by atoms with E-state index in [9.17, 15) is 14.4 Å². The highest BCUT2D eigenvalue weighted by atomic mass is 16.6. The van der Waals surface area contributed by atoms with Gasteiger partial charge in [-0.25, -0.2) is 9.59 Å². The lowest BCUT2D eigenvalue weighted by molar-refractivity contribution is -0.159. The van der Waals surface area contributed by atoms with Gasteiger partial charge in [0.05, 0.1) is 0 Å². The number of rotatable bonds is 5. The normalized spacial score (nSPS) is 14.9. The summed E-state index contributed by atoms with van der Waals surface area (Å²) >= 11 is 0. The van der Waals surface area contributed by atoms with Gasteiger partial charge in [0.15, 0.2) is 12.7 Å². The minimum atomic E-state index is -1.04. The molecule has 1 saturated heterocycles. The first kappa shape index (κ1) is 16.8. The van der Waals surface area contributed by atoms with Crippen molar-refractivity contribution in [2.24, 2.45) is 0 Å². The van der Waals surface area contributed by atoms with E-state index < -0.39 is 24.0 Å². The smallest absolute Gasteiger partial charge is 0.344 e. The number of hydrogen-bond acceptors (Lipinski definition) is 5. The van der Waals surface area contributed by atoms with Gasteiger partial charge in [-0.1, -0.05) is 30.3 Å². The molecule has 1 fully saturated rings. The zero-order valence-corrected chi connectivity index (χ0v) is 13.7. The van der Waals surface area contributed by atoms with Crippen LogP contribution in [0.1, 0.15) is 6.92 Å². The van der Waals surface area contributed by atoms with E-state index in [-0.39, 0.29) is 13.2 Å². The van der Waals surface area contributed by atoms with Gasteiger partial charge in [0, 0.05) is 13.1 Å². The van der Waals surface area contributed by atoms with Crippen molar-refractivity contribution in [2.75, 3.05) is 19.7 Å². The summed E-state index contributed by atoms with van der Waals surface area (Å²) in [6.07, 6.45) is -1.04. The van der Waals surface area contributed by atoms with Crippen LogP contribution in [-0.4, -0.2) is 48.6 Å². The summed E-state index contributed by atoms with van der Waals surface area (Å²) in [5.41, 5.74) is 0. The van der Waals surface area contributed by atoms with Crippen LogP contribution in [0.4, 0.5) is 4.79 Å². The minimum Gasteiger partial charge on any atom is -0.482 e. The largest absolute Gasteiger partial charge is 0.482 e. The molecule has 130 valence electrons. The van der Waals surface area contributed by atoms with E-state index in [1.807, 2.05) is 36.4 Å². The molecule has 1 atom stereocenters. The predicted molar refractivity (Wildman–Crippen MR) is 90.1 cm³/mol. The first-order valence-corrected chi connectivity index (χ1v) is 7.95. The highest BCUT2D eigenvalue weighted by Crippen LogP contribution is 2.20. The molecule has 3 rings (SSSR count). The quantitative estimate of drug-likeness (QED) is 0.836. The van der Waals surface area contributed by atoms with Crippen LogP contribution in [0, 0.1) is 0 Å². The van der Waals surface area contributed by atoms with Crippen molar-refractivity contribution in [3.63, 3.8) is 0 Å². The molecular formula is C18H18N2O5. The van der Waals surface area contributed by atoms with Gasteiger partial charge in [-0.15, -0.1) is 0 Å². The van der Waals surface area contributed by atoms with Crippen molar-refractivity contribution in [3.8, 4) is 5.75 Å². The molecule has 0 aliphatic carbocycles. The van der Waals surface area contributed by atoms with Gasteiger partial charge in [-0.2, -0.15) is 0 Å². The molecule has 0 radical (unpaired) electrons. The number of nitrogens with one attached hydrogen (secondary N) is 1. The minimum absolute atomic E-state index is 0.271. The summed E-state index contributed by atoms with van der Waals surface area (Å²) in [6.45, 7) is 1.79. The van der Waals surface area contributed by atoms with Crippen LogP contribution in [0.2, 0.25) is 0 Å². The molecule has 0 bridgehead atoms. The molecule has 1 N–H and O–H groups in total. The van der Waals surface area contributed by atoms with Gasteiger partial charge in [0.25, 0.3) is 5.91 Å². The van der Waals surface area contributed by atoms with Gasteiger partial charge in [0.1, 0.15) is 5.75 Å². The van der Waals surface area contributed by atoms with Crippen LogP contribution in [0.5, 0.6) is 5.75 Å². The van der Waals surface area contributed by atoms with Crippen molar-refractivity contribution in [2.45, 2.75) is 13.0 Å². The average molecular weight is 342 g/mol. The second kappa shape index (κ2) is 7.21. The molecular weight excluding hydrogens is 324 g/mol. The van der Waals surface area contributed by atoms with Gasteiger partial charge in [-0.3, -0.25) is 9.69 Å². The van der Waals surface area contributed by atoms with Crippen LogP contribution in [0.3, 0.4) is 0 Å². The third-order valence-corrected chi connectivity index (χ3v) is 3.86. The van der Waals surface area contributed by atoms with E-state index in [4.69, 9.17) is 9.47 Å². The standard InChI is InChI=1S/C18H18N2O5/c1-12(17(22)20-9-8-19-18(20)23)25-16(21)11-24-15-7-6-13-4-2-3-5-14(13)10-15/h2-7,10,12H,8-9,11H2,1H3,(H,19,23). The summed E-state index contributed by atoms with van der Waals surface area (Å²) in [5.74, 6) is -0.684. The second-order valence-corrected chi connectivity index (χ2v) is 5.65. The molecule has 25 heavy (non-hydrogen) atoms.